The average Bonchev–Trinajstić information content (AvgIpc) is 2.16. The summed E-state index contributed by atoms with van der Waals surface area (Å²) in [5.41, 5.74) is 0. The van der Waals surface area contributed by atoms with E-state index in [-0.39, 0.29) is 4.90 Å². The summed E-state index contributed by atoms with van der Waals surface area (Å²) >= 11 is 0. The van der Waals surface area contributed by atoms with Gasteiger partial charge in [-0.15, -0.1) is 9.66 Å². The van der Waals surface area contributed by atoms with Gasteiger partial charge in [-0.1, -0.05) is 18.2 Å². The van der Waals surface area contributed by atoms with Crippen LogP contribution in [0.5, 0.6) is 0 Å². The van der Waals surface area contributed by atoms with Crippen LogP contribution in [-0.2, 0) is 20.2 Å². The van der Waals surface area contributed by atoms with Gasteiger partial charge in [-0.3, -0.25) is 0 Å². The van der Waals surface area contributed by atoms with Crippen molar-refractivity contribution < 1.29 is 16.8 Å². The Kier molecular flexibility index (Phi) is 3.42. The van der Waals surface area contributed by atoms with E-state index < -0.39 is 20.2 Å². The summed E-state index contributed by atoms with van der Waals surface area (Å²) in [6, 6.07) is 7.27. The number of nitrogens with one attached hydrogen (secondary N) is 2. The summed E-state index contributed by atoms with van der Waals surface area (Å²) in [5, 5.41) is 4.55. The highest BCUT2D eigenvalue weighted by Gasteiger charge is 2.14. The highest BCUT2D eigenvalue weighted by atomic mass is 32.2. The third-order valence-electron chi connectivity index (χ3n) is 1.37. The molecule has 0 aromatic heterocycles. The highest BCUT2D eigenvalue weighted by molar-refractivity contribution is 7.91. The Labute approximate surface area is 87.5 Å². The van der Waals surface area contributed by atoms with E-state index in [1.807, 2.05) is 0 Å². The molecule has 15 heavy (non-hydrogen) atoms. The van der Waals surface area contributed by atoms with Crippen molar-refractivity contribution >= 4 is 20.2 Å². The first-order valence-corrected chi connectivity index (χ1v) is 6.70. The number of benzene rings is 1. The van der Waals surface area contributed by atoms with Crippen LogP contribution >= 0.6 is 0 Å². The van der Waals surface area contributed by atoms with E-state index in [0.717, 1.165) is 0 Å². The first-order chi connectivity index (χ1) is 6.81. The third kappa shape index (κ3) is 3.93. The number of nitrogens with two attached hydrogens (primary N) is 1. The normalized spacial score (nSPS) is 12.6. The van der Waals surface area contributed by atoms with Crippen molar-refractivity contribution in [1.29, 1.82) is 0 Å². The molecule has 0 heterocycles. The first-order valence-electron chi connectivity index (χ1n) is 3.68. The highest BCUT2D eigenvalue weighted by Crippen LogP contribution is 2.05. The molecule has 1 rings (SSSR count). The smallest absolute Gasteiger partial charge is 0.215 e. The van der Waals surface area contributed by atoms with E-state index in [4.69, 9.17) is 0 Å². The van der Waals surface area contributed by atoms with Crippen LogP contribution in [0.25, 0.3) is 0 Å². The standard InChI is InChI=1S/C6H9N3O4S2/c7-15(12,13)9-8-14(10,11)6-4-2-1-3-5-6/h1-5,8-9H,(H2,7,12,13). The summed E-state index contributed by atoms with van der Waals surface area (Å²) in [5.74, 6) is 0. The van der Waals surface area contributed by atoms with Crippen LogP contribution in [0.15, 0.2) is 35.2 Å². The molecule has 0 atom stereocenters. The summed E-state index contributed by atoms with van der Waals surface area (Å²) in [6.07, 6.45) is 0. The maximum atomic E-state index is 11.4. The molecular weight excluding hydrogens is 242 g/mol. The molecule has 4 N–H and O–H groups in total. The molecule has 0 saturated heterocycles. The zero-order chi connectivity index (χ0) is 11.5. The molecule has 1 aromatic carbocycles. The van der Waals surface area contributed by atoms with Gasteiger partial charge in [0.15, 0.2) is 0 Å². The zero-order valence-corrected chi connectivity index (χ0v) is 9.05. The van der Waals surface area contributed by atoms with Crippen molar-refractivity contribution in [2.45, 2.75) is 4.90 Å². The molecule has 7 nitrogen and oxygen atoms in total. The van der Waals surface area contributed by atoms with E-state index >= 15 is 0 Å². The second-order valence-corrected chi connectivity index (χ2v) is 5.54. The van der Waals surface area contributed by atoms with Gasteiger partial charge in [-0.2, -0.15) is 8.42 Å². The second kappa shape index (κ2) is 4.24. The minimum Gasteiger partial charge on any atom is -0.215 e. The minimum atomic E-state index is -4.11. The Morgan fingerprint density at radius 1 is 0.933 bits per heavy atom. The Hall–Kier alpha value is -1.00. The zero-order valence-electron chi connectivity index (χ0n) is 7.41. The van der Waals surface area contributed by atoms with E-state index in [0.29, 0.717) is 0 Å². The monoisotopic (exact) mass is 251 g/mol. The van der Waals surface area contributed by atoms with Gasteiger partial charge in [0.2, 0.25) is 0 Å². The summed E-state index contributed by atoms with van der Waals surface area (Å²) in [4.78, 5) is 3.03. The van der Waals surface area contributed by atoms with Crippen molar-refractivity contribution in [2.75, 3.05) is 0 Å². The predicted octanol–water partition coefficient (Wildman–Crippen LogP) is -1.33. The lowest BCUT2D eigenvalue weighted by Gasteiger charge is -2.05. The molecular formula is C6H9N3O4S2. The van der Waals surface area contributed by atoms with Crippen molar-refractivity contribution in [3.8, 4) is 0 Å². The number of sulfonamides is 1. The molecule has 1 aromatic rings. The van der Waals surface area contributed by atoms with Crippen LogP contribution in [0.4, 0.5) is 0 Å². The summed E-state index contributed by atoms with van der Waals surface area (Å²) in [7, 11) is -8.02. The third-order valence-corrected chi connectivity index (χ3v) is 3.15. The Balaban J connectivity index is 2.87. The van der Waals surface area contributed by atoms with E-state index in [1.54, 1.807) is 10.9 Å². The first kappa shape index (κ1) is 12.1. The van der Waals surface area contributed by atoms with Gasteiger partial charge in [0, 0.05) is 0 Å². The Morgan fingerprint density at radius 3 is 1.93 bits per heavy atom. The fourth-order valence-corrected chi connectivity index (χ4v) is 2.31. The molecule has 0 unspecified atom stereocenters. The molecule has 0 fully saturated rings. The van der Waals surface area contributed by atoms with E-state index in [2.05, 4.69) is 5.14 Å². The van der Waals surface area contributed by atoms with E-state index in [1.165, 1.54) is 29.1 Å². The summed E-state index contributed by atoms with van der Waals surface area (Å²) in [6.45, 7) is 0. The average molecular weight is 251 g/mol. The van der Waals surface area contributed by atoms with Crippen LogP contribution in [0.2, 0.25) is 0 Å². The van der Waals surface area contributed by atoms with Crippen LogP contribution < -0.4 is 14.8 Å². The lowest BCUT2D eigenvalue weighted by Crippen LogP contribution is -2.44. The lowest BCUT2D eigenvalue weighted by atomic mass is 10.4. The van der Waals surface area contributed by atoms with Crippen molar-refractivity contribution in [3.63, 3.8) is 0 Å². The van der Waals surface area contributed by atoms with Crippen molar-refractivity contribution in [3.05, 3.63) is 30.3 Å². The van der Waals surface area contributed by atoms with E-state index in [9.17, 15) is 16.8 Å². The molecule has 9 heteroatoms. The van der Waals surface area contributed by atoms with Crippen molar-refractivity contribution in [1.82, 2.24) is 9.66 Å². The second-order valence-electron chi connectivity index (χ2n) is 2.57. The number of hydrazine groups is 1. The largest absolute Gasteiger partial charge is 0.288 e. The number of hydrogen-bond donors (Lipinski definition) is 3. The van der Waals surface area contributed by atoms with Gasteiger partial charge in [0.1, 0.15) is 0 Å². The fourth-order valence-electron chi connectivity index (χ4n) is 0.772. The fraction of sp³-hybridized carbons (Fsp3) is 0. The van der Waals surface area contributed by atoms with Gasteiger partial charge in [0.25, 0.3) is 20.2 Å². The molecule has 0 amide bonds. The SMILES string of the molecule is NS(=O)(=O)NNS(=O)(=O)c1ccccc1. The van der Waals surface area contributed by atoms with Gasteiger partial charge >= 0.3 is 0 Å². The molecule has 0 aliphatic rings. The maximum absolute atomic E-state index is 11.4. The van der Waals surface area contributed by atoms with Gasteiger partial charge in [-0.25, -0.2) is 13.6 Å². The Bertz CT molecular complexity index is 523. The molecule has 0 aliphatic heterocycles. The van der Waals surface area contributed by atoms with Gasteiger partial charge < -0.3 is 0 Å². The van der Waals surface area contributed by atoms with Gasteiger partial charge in [0.05, 0.1) is 4.90 Å². The van der Waals surface area contributed by atoms with Crippen LogP contribution in [0.3, 0.4) is 0 Å². The molecule has 0 bridgehead atoms. The van der Waals surface area contributed by atoms with Crippen molar-refractivity contribution in [2.24, 2.45) is 5.14 Å². The van der Waals surface area contributed by atoms with Crippen LogP contribution in [-0.4, -0.2) is 16.8 Å². The lowest BCUT2D eigenvalue weighted by molar-refractivity contribution is 0.558. The van der Waals surface area contributed by atoms with Crippen LogP contribution in [0.1, 0.15) is 0 Å². The number of rotatable bonds is 4. The summed E-state index contributed by atoms with van der Waals surface area (Å²) < 4.78 is 43.7. The Morgan fingerprint density at radius 2 is 1.47 bits per heavy atom. The molecule has 0 aliphatic carbocycles. The topological polar surface area (TPSA) is 118 Å². The molecule has 0 spiro atoms. The molecule has 84 valence electrons. The number of hydrogen-bond acceptors (Lipinski definition) is 4. The predicted molar refractivity (Wildman–Crippen MR) is 53.0 cm³/mol. The van der Waals surface area contributed by atoms with Crippen LogP contribution in [0, 0.1) is 0 Å². The molecule has 0 radical (unpaired) electrons. The molecule has 0 saturated carbocycles. The van der Waals surface area contributed by atoms with Gasteiger partial charge in [-0.05, 0) is 12.1 Å². The minimum absolute atomic E-state index is 0.0684. The quantitative estimate of drug-likeness (QED) is 0.574. The maximum Gasteiger partial charge on any atom is 0.288 e.